The molecule has 1 aromatic carbocycles. The van der Waals surface area contributed by atoms with Crippen molar-refractivity contribution in [2.75, 3.05) is 36.3 Å². The molecular formula is C23H24ClFN4O6S. The largest absolute Gasteiger partial charge is 0.446 e. The van der Waals surface area contributed by atoms with Crippen LogP contribution in [0.15, 0.2) is 36.4 Å². The Morgan fingerprint density at radius 3 is 2.58 bits per heavy atom. The number of carbonyl (C=O) groups excluding carboxylic acids is 4. The van der Waals surface area contributed by atoms with Crippen LogP contribution in [0.2, 0.25) is 4.34 Å². The second-order valence-corrected chi connectivity index (χ2v) is 9.92. The monoisotopic (exact) mass is 538 g/mol. The van der Waals surface area contributed by atoms with Crippen molar-refractivity contribution in [2.24, 2.45) is 0 Å². The molecule has 10 nitrogen and oxygen atoms in total. The number of rotatable bonds is 8. The maximum atomic E-state index is 15.1. The number of nitrogens with one attached hydrogen (secondary N) is 2. The molecule has 2 aliphatic rings. The lowest BCUT2D eigenvalue weighted by Gasteiger charge is -2.28. The molecule has 0 radical (unpaired) electrons. The second-order valence-electron chi connectivity index (χ2n) is 8.20. The average Bonchev–Trinajstić information content (AvgIpc) is 3.30. The van der Waals surface area contributed by atoms with E-state index in [1.807, 2.05) is 0 Å². The molecule has 1 aliphatic carbocycles. The second kappa shape index (κ2) is 11.7. The summed E-state index contributed by atoms with van der Waals surface area (Å²) >= 11 is 6.90. The molecule has 1 aromatic heterocycles. The fourth-order valence-electron chi connectivity index (χ4n) is 3.55. The van der Waals surface area contributed by atoms with Crippen molar-refractivity contribution in [3.8, 4) is 0 Å². The van der Waals surface area contributed by atoms with Crippen LogP contribution < -0.4 is 20.7 Å². The SMILES string of the molecule is O=C(N[C@H](CNC(=O)c1ccc(Cl)s1)C(=O)N(F)c1ccc(N2CCOCC2=O)cc1)OC1CCC1. The Morgan fingerprint density at radius 2 is 1.97 bits per heavy atom. The first kappa shape index (κ1) is 25.9. The number of alkyl carbamates (subject to hydrolysis) is 1. The van der Waals surface area contributed by atoms with Gasteiger partial charge in [0.05, 0.1) is 21.5 Å². The number of ether oxygens (including phenoxy) is 2. The molecule has 1 saturated carbocycles. The van der Waals surface area contributed by atoms with Gasteiger partial charge < -0.3 is 25.0 Å². The number of nitrogens with zero attached hydrogens (tertiary/aromatic N) is 2. The van der Waals surface area contributed by atoms with Crippen LogP contribution in [0, 0.1) is 0 Å². The van der Waals surface area contributed by atoms with E-state index >= 15 is 4.48 Å². The Labute approximate surface area is 215 Å². The van der Waals surface area contributed by atoms with Gasteiger partial charge in [0, 0.05) is 18.8 Å². The van der Waals surface area contributed by atoms with Crippen molar-refractivity contribution in [3.05, 3.63) is 45.6 Å². The van der Waals surface area contributed by atoms with E-state index in [4.69, 9.17) is 21.1 Å². The van der Waals surface area contributed by atoms with Crippen molar-refractivity contribution < 1.29 is 33.1 Å². The number of carbonyl (C=O) groups is 4. The maximum absolute atomic E-state index is 15.1. The highest BCUT2D eigenvalue weighted by atomic mass is 35.5. The first-order valence-corrected chi connectivity index (χ1v) is 12.5. The predicted molar refractivity (Wildman–Crippen MR) is 131 cm³/mol. The summed E-state index contributed by atoms with van der Waals surface area (Å²) in [5.41, 5.74) is 0.425. The highest BCUT2D eigenvalue weighted by Gasteiger charge is 2.31. The third kappa shape index (κ3) is 6.31. The molecule has 0 spiro atoms. The smallest absolute Gasteiger partial charge is 0.408 e. The quantitative estimate of drug-likeness (QED) is 0.499. The minimum absolute atomic E-state index is 0.0385. The predicted octanol–water partition coefficient (Wildman–Crippen LogP) is 3.06. The van der Waals surface area contributed by atoms with E-state index in [0.29, 0.717) is 28.1 Å². The Bertz CT molecular complexity index is 1130. The van der Waals surface area contributed by atoms with Crippen LogP contribution in [0.4, 0.5) is 20.7 Å². The molecule has 192 valence electrons. The summed E-state index contributed by atoms with van der Waals surface area (Å²) in [5, 5.41) is 4.75. The molecule has 4 amide bonds. The van der Waals surface area contributed by atoms with Crippen LogP contribution in [-0.2, 0) is 19.1 Å². The number of thiophene rings is 1. The molecule has 2 aromatic rings. The molecule has 0 unspecified atom stereocenters. The Hall–Kier alpha value is -3.22. The number of amides is 4. The van der Waals surface area contributed by atoms with Gasteiger partial charge in [-0.3, -0.25) is 14.4 Å². The van der Waals surface area contributed by atoms with Crippen molar-refractivity contribution >= 4 is 58.1 Å². The van der Waals surface area contributed by atoms with Gasteiger partial charge in [0.2, 0.25) is 0 Å². The molecule has 2 heterocycles. The topological polar surface area (TPSA) is 117 Å². The number of benzene rings is 1. The van der Waals surface area contributed by atoms with Gasteiger partial charge in [-0.15, -0.1) is 16.5 Å². The molecule has 1 saturated heterocycles. The van der Waals surface area contributed by atoms with E-state index in [0.717, 1.165) is 30.6 Å². The van der Waals surface area contributed by atoms with E-state index in [9.17, 15) is 19.2 Å². The highest BCUT2D eigenvalue weighted by molar-refractivity contribution is 7.18. The van der Waals surface area contributed by atoms with Crippen LogP contribution in [0.3, 0.4) is 0 Å². The van der Waals surface area contributed by atoms with Gasteiger partial charge in [-0.25, -0.2) is 4.79 Å². The molecule has 4 rings (SSSR count). The first-order valence-electron chi connectivity index (χ1n) is 11.3. The van der Waals surface area contributed by atoms with Crippen LogP contribution in [0.5, 0.6) is 0 Å². The van der Waals surface area contributed by atoms with Gasteiger partial charge in [0.15, 0.2) is 0 Å². The van der Waals surface area contributed by atoms with Gasteiger partial charge >= 0.3 is 6.09 Å². The van der Waals surface area contributed by atoms with Crippen LogP contribution in [-0.4, -0.2) is 62.3 Å². The van der Waals surface area contributed by atoms with Crippen molar-refractivity contribution in [2.45, 2.75) is 31.4 Å². The zero-order chi connectivity index (χ0) is 25.7. The first-order chi connectivity index (χ1) is 17.3. The zero-order valence-corrected chi connectivity index (χ0v) is 20.6. The van der Waals surface area contributed by atoms with Crippen molar-refractivity contribution in [1.82, 2.24) is 10.6 Å². The molecule has 0 bridgehead atoms. The van der Waals surface area contributed by atoms with E-state index in [-0.39, 0.29) is 36.0 Å². The highest BCUT2D eigenvalue weighted by Crippen LogP contribution is 2.24. The standard InChI is InChI=1S/C23H24ClFN4O6S/c24-19-9-8-18(36-19)21(31)26-12-17(27-23(33)35-16-2-1-3-16)22(32)29(25)15-6-4-14(5-7-15)28-10-11-34-13-20(28)30/h4-9,16-17H,1-3,10-13H2,(H,26,31)(H,27,33)/t17-/m1/s1. The normalized spacial score (nSPS) is 16.6. The van der Waals surface area contributed by atoms with Gasteiger partial charge in [-0.05, 0) is 55.7 Å². The number of morpholine rings is 1. The molecule has 36 heavy (non-hydrogen) atoms. The zero-order valence-electron chi connectivity index (χ0n) is 19.1. The van der Waals surface area contributed by atoms with Crippen molar-refractivity contribution in [1.29, 1.82) is 0 Å². The maximum Gasteiger partial charge on any atom is 0.408 e. The molecule has 13 heteroatoms. The lowest BCUT2D eigenvalue weighted by atomic mass is 9.96. The summed E-state index contributed by atoms with van der Waals surface area (Å²) in [6.45, 7) is 0.326. The van der Waals surface area contributed by atoms with Gasteiger partial charge in [-0.2, -0.15) is 0 Å². The summed E-state index contributed by atoms with van der Waals surface area (Å²) in [6.07, 6.45) is 1.25. The minimum atomic E-state index is -1.44. The van der Waals surface area contributed by atoms with Crippen molar-refractivity contribution in [3.63, 3.8) is 0 Å². The summed E-state index contributed by atoms with van der Waals surface area (Å²) in [4.78, 5) is 51.5. The van der Waals surface area contributed by atoms with Crippen LogP contribution >= 0.6 is 22.9 Å². The third-order valence-electron chi connectivity index (χ3n) is 5.75. The van der Waals surface area contributed by atoms with Crippen LogP contribution in [0.25, 0.3) is 0 Å². The molecule has 1 atom stereocenters. The lowest BCUT2D eigenvalue weighted by Crippen LogP contribution is -2.53. The van der Waals surface area contributed by atoms with E-state index in [1.165, 1.54) is 35.2 Å². The average molecular weight is 539 g/mol. The molecule has 1 aliphatic heterocycles. The minimum Gasteiger partial charge on any atom is -0.446 e. The Morgan fingerprint density at radius 1 is 1.22 bits per heavy atom. The molecular weight excluding hydrogens is 515 g/mol. The van der Waals surface area contributed by atoms with Gasteiger partial charge in [-0.1, -0.05) is 16.1 Å². The molecule has 2 N–H and O–H groups in total. The summed E-state index contributed by atoms with van der Waals surface area (Å²) in [5.74, 6) is -1.86. The summed E-state index contributed by atoms with van der Waals surface area (Å²) in [7, 11) is 0. The Balaban J connectivity index is 1.43. The molecule has 2 fully saturated rings. The Kier molecular flexibility index (Phi) is 8.39. The number of halogens is 2. The van der Waals surface area contributed by atoms with E-state index in [2.05, 4.69) is 10.6 Å². The summed E-state index contributed by atoms with van der Waals surface area (Å²) < 4.78 is 25.9. The number of anilines is 2. The number of hydrogen-bond acceptors (Lipinski definition) is 7. The fourth-order valence-corrected chi connectivity index (χ4v) is 4.51. The van der Waals surface area contributed by atoms with Gasteiger partial charge in [0.25, 0.3) is 17.7 Å². The third-order valence-corrected chi connectivity index (χ3v) is 6.98. The summed E-state index contributed by atoms with van der Waals surface area (Å²) in [6, 6.07) is 7.32. The van der Waals surface area contributed by atoms with E-state index < -0.39 is 23.9 Å². The lowest BCUT2D eigenvalue weighted by molar-refractivity contribution is -0.125. The number of hydrogen-bond donors (Lipinski definition) is 2. The fraction of sp³-hybridized carbons (Fsp3) is 0.391. The van der Waals surface area contributed by atoms with E-state index in [1.54, 1.807) is 6.07 Å². The van der Waals surface area contributed by atoms with Crippen LogP contribution in [0.1, 0.15) is 28.9 Å². The van der Waals surface area contributed by atoms with Gasteiger partial charge in [0.1, 0.15) is 18.8 Å².